The molecule has 0 aliphatic rings. The summed E-state index contributed by atoms with van der Waals surface area (Å²) in [5, 5.41) is 3.04. The van der Waals surface area contributed by atoms with Crippen molar-refractivity contribution in [2.45, 2.75) is 39.8 Å². The van der Waals surface area contributed by atoms with Gasteiger partial charge in [0.15, 0.2) is 0 Å². The van der Waals surface area contributed by atoms with Crippen LogP contribution in [0.3, 0.4) is 0 Å². The number of benzene rings is 1. The van der Waals surface area contributed by atoms with Gasteiger partial charge in [-0.15, -0.1) is 0 Å². The molecule has 0 aliphatic heterocycles. The van der Waals surface area contributed by atoms with Gasteiger partial charge in [-0.3, -0.25) is 9.69 Å². The van der Waals surface area contributed by atoms with Gasteiger partial charge in [-0.2, -0.15) is 0 Å². The molecule has 4 nitrogen and oxygen atoms in total. The van der Waals surface area contributed by atoms with Gasteiger partial charge in [-0.25, -0.2) is 0 Å². The smallest absolute Gasteiger partial charge is 0.234 e. The molecule has 2 rings (SSSR count). The fourth-order valence-electron chi connectivity index (χ4n) is 2.55. The lowest BCUT2D eigenvalue weighted by atomic mass is 10.1. The zero-order valence-corrected chi connectivity index (χ0v) is 14.4. The first kappa shape index (κ1) is 17.3. The van der Waals surface area contributed by atoms with Gasteiger partial charge in [0.1, 0.15) is 11.5 Å². The zero-order chi connectivity index (χ0) is 16.8. The number of carbonyl (C=O) groups is 1. The van der Waals surface area contributed by atoms with Gasteiger partial charge in [0, 0.05) is 0 Å². The van der Waals surface area contributed by atoms with E-state index in [0.717, 1.165) is 23.5 Å². The molecule has 0 radical (unpaired) electrons. The zero-order valence-electron chi connectivity index (χ0n) is 14.4. The molecule has 0 unspecified atom stereocenters. The summed E-state index contributed by atoms with van der Waals surface area (Å²) < 4.78 is 5.53. The van der Waals surface area contributed by atoms with E-state index in [2.05, 4.69) is 36.5 Å². The Bertz CT molecular complexity index is 631. The highest BCUT2D eigenvalue weighted by Crippen LogP contribution is 2.14. The normalized spacial score (nSPS) is 12.4. The minimum absolute atomic E-state index is 0.00710. The van der Waals surface area contributed by atoms with Crippen molar-refractivity contribution in [1.29, 1.82) is 0 Å². The maximum atomic E-state index is 12.2. The van der Waals surface area contributed by atoms with E-state index >= 15 is 0 Å². The van der Waals surface area contributed by atoms with E-state index in [9.17, 15) is 4.79 Å². The van der Waals surface area contributed by atoms with Crippen LogP contribution in [0.5, 0.6) is 0 Å². The molecule has 0 saturated carbocycles. The number of nitrogens with one attached hydrogen (secondary N) is 1. The number of aryl methyl sites for hydroxylation is 2. The first-order valence-electron chi connectivity index (χ1n) is 8.10. The van der Waals surface area contributed by atoms with Gasteiger partial charge in [-0.05, 0) is 50.6 Å². The van der Waals surface area contributed by atoms with Crippen molar-refractivity contribution in [3.63, 3.8) is 0 Å². The molecule has 0 saturated heterocycles. The summed E-state index contributed by atoms with van der Waals surface area (Å²) in [6.07, 6.45) is 1.03. The summed E-state index contributed by atoms with van der Waals surface area (Å²) >= 11 is 0. The van der Waals surface area contributed by atoms with E-state index in [4.69, 9.17) is 4.42 Å². The second-order valence-corrected chi connectivity index (χ2v) is 6.07. The number of amides is 1. The number of carbonyl (C=O) groups excluding carboxylic acids is 1. The predicted molar refractivity (Wildman–Crippen MR) is 92.2 cm³/mol. The lowest BCUT2D eigenvalue weighted by Gasteiger charge is -2.18. The van der Waals surface area contributed by atoms with Crippen LogP contribution >= 0.6 is 0 Å². The van der Waals surface area contributed by atoms with Crippen LogP contribution in [0.15, 0.2) is 40.8 Å². The van der Waals surface area contributed by atoms with Gasteiger partial charge in [0.2, 0.25) is 5.91 Å². The molecule has 1 aromatic carbocycles. The van der Waals surface area contributed by atoms with Crippen molar-refractivity contribution in [3.8, 4) is 0 Å². The van der Waals surface area contributed by atoms with Crippen LogP contribution in [0, 0.1) is 6.92 Å². The van der Waals surface area contributed by atoms with E-state index in [1.807, 2.05) is 37.9 Å². The summed E-state index contributed by atoms with van der Waals surface area (Å²) in [5.74, 6) is 1.78. The molecule has 1 aromatic heterocycles. The highest BCUT2D eigenvalue weighted by atomic mass is 16.3. The van der Waals surface area contributed by atoms with Gasteiger partial charge in [0.05, 0.1) is 19.1 Å². The van der Waals surface area contributed by atoms with Crippen LogP contribution in [0.2, 0.25) is 0 Å². The number of hydrogen-bond donors (Lipinski definition) is 1. The summed E-state index contributed by atoms with van der Waals surface area (Å²) in [6, 6.07) is 12.3. The molecule has 23 heavy (non-hydrogen) atoms. The maximum absolute atomic E-state index is 12.2. The third-order valence-corrected chi connectivity index (χ3v) is 3.90. The van der Waals surface area contributed by atoms with Crippen molar-refractivity contribution in [3.05, 3.63) is 59.0 Å². The lowest BCUT2D eigenvalue weighted by Crippen LogP contribution is -2.36. The molecule has 4 heteroatoms. The van der Waals surface area contributed by atoms with Crippen molar-refractivity contribution in [1.82, 2.24) is 10.2 Å². The Balaban J connectivity index is 1.82. The Kier molecular flexibility index (Phi) is 5.99. The van der Waals surface area contributed by atoms with Crippen LogP contribution in [0.25, 0.3) is 0 Å². The first-order valence-corrected chi connectivity index (χ1v) is 8.10. The quantitative estimate of drug-likeness (QED) is 0.851. The van der Waals surface area contributed by atoms with Crippen LogP contribution < -0.4 is 5.32 Å². The Hall–Kier alpha value is -2.07. The van der Waals surface area contributed by atoms with Crippen LogP contribution in [0.4, 0.5) is 0 Å². The number of nitrogens with zero attached hydrogens (tertiary/aromatic N) is 1. The summed E-state index contributed by atoms with van der Waals surface area (Å²) in [4.78, 5) is 14.1. The second kappa shape index (κ2) is 7.97. The topological polar surface area (TPSA) is 45.5 Å². The molecule has 124 valence electrons. The average Bonchev–Trinajstić information content (AvgIpc) is 2.91. The molecule has 1 atom stereocenters. The number of likely N-dealkylation sites (N-methyl/N-ethyl adjacent to an activating group) is 1. The van der Waals surface area contributed by atoms with Gasteiger partial charge < -0.3 is 9.73 Å². The van der Waals surface area contributed by atoms with Crippen molar-refractivity contribution < 1.29 is 9.21 Å². The third-order valence-electron chi connectivity index (χ3n) is 3.90. The lowest BCUT2D eigenvalue weighted by molar-refractivity contribution is -0.122. The van der Waals surface area contributed by atoms with Crippen molar-refractivity contribution in [2.24, 2.45) is 0 Å². The molecule has 2 aromatic rings. The van der Waals surface area contributed by atoms with E-state index in [-0.39, 0.29) is 11.9 Å². The molecular formula is C19H26N2O2. The van der Waals surface area contributed by atoms with E-state index in [1.165, 1.54) is 5.56 Å². The maximum Gasteiger partial charge on any atom is 0.234 e. The molecule has 1 amide bonds. The number of hydrogen-bond acceptors (Lipinski definition) is 3. The third kappa shape index (κ3) is 5.25. The molecule has 1 N–H and O–H groups in total. The Morgan fingerprint density at radius 2 is 1.91 bits per heavy atom. The second-order valence-electron chi connectivity index (χ2n) is 6.07. The van der Waals surface area contributed by atoms with Crippen LogP contribution in [0.1, 0.15) is 42.5 Å². The Morgan fingerprint density at radius 3 is 2.48 bits per heavy atom. The average molecular weight is 314 g/mol. The van der Waals surface area contributed by atoms with Crippen LogP contribution in [-0.4, -0.2) is 24.4 Å². The molecule has 0 aliphatic carbocycles. The monoisotopic (exact) mass is 314 g/mol. The van der Waals surface area contributed by atoms with Gasteiger partial charge in [-0.1, -0.05) is 31.2 Å². The Labute approximate surface area is 138 Å². The van der Waals surface area contributed by atoms with Gasteiger partial charge >= 0.3 is 0 Å². The van der Waals surface area contributed by atoms with E-state index in [0.29, 0.717) is 13.1 Å². The van der Waals surface area contributed by atoms with E-state index < -0.39 is 0 Å². The molecule has 0 fully saturated rings. The van der Waals surface area contributed by atoms with Crippen molar-refractivity contribution in [2.75, 3.05) is 13.6 Å². The molecule has 0 bridgehead atoms. The standard InChI is InChI=1S/C19H26N2O2/c1-5-16-7-9-17(10-8-16)15(3)20-19(22)13-21(4)12-18-11-6-14(2)23-18/h6-11,15H,5,12-13H2,1-4H3,(H,20,22)/t15-/m1/s1. The minimum Gasteiger partial charge on any atom is -0.465 e. The Morgan fingerprint density at radius 1 is 1.22 bits per heavy atom. The minimum atomic E-state index is 0.00710. The highest BCUT2D eigenvalue weighted by molar-refractivity contribution is 5.78. The highest BCUT2D eigenvalue weighted by Gasteiger charge is 2.12. The number of rotatable bonds is 7. The molecular weight excluding hydrogens is 288 g/mol. The largest absolute Gasteiger partial charge is 0.465 e. The molecule has 0 spiro atoms. The van der Waals surface area contributed by atoms with E-state index in [1.54, 1.807) is 0 Å². The fourth-order valence-corrected chi connectivity index (χ4v) is 2.55. The summed E-state index contributed by atoms with van der Waals surface area (Å²) in [5.41, 5.74) is 2.43. The van der Waals surface area contributed by atoms with Crippen molar-refractivity contribution >= 4 is 5.91 Å². The molecule has 1 heterocycles. The first-order chi connectivity index (χ1) is 11.0. The fraction of sp³-hybridized carbons (Fsp3) is 0.421. The SMILES string of the molecule is CCc1ccc([C@@H](C)NC(=O)CN(C)Cc2ccc(C)o2)cc1. The summed E-state index contributed by atoms with van der Waals surface area (Å²) in [6.45, 7) is 7.03. The summed E-state index contributed by atoms with van der Waals surface area (Å²) in [7, 11) is 1.91. The van der Waals surface area contributed by atoms with Crippen LogP contribution in [-0.2, 0) is 17.8 Å². The predicted octanol–water partition coefficient (Wildman–Crippen LogP) is 3.46. The van der Waals surface area contributed by atoms with Gasteiger partial charge in [0.25, 0.3) is 0 Å². The number of furan rings is 1.